The lowest BCUT2D eigenvalue weighted by Gasteiger charge is -2.18. The van der Waals surface area contributed by atoms with Gasteiger partial charge in [-0.05, 0) is 50.3 Å². The Morgan fingerprint density at radius 1 is 1.12 bits per heavy atom. The topological polar surface area (TPSA) is 6.25 Å². The minimum atomic E-state index is 0.969. The van der Waals surface area contributed by atoms with Gasteiger partial charge in [0.25, 0.3) is 0 Å². The maximum Gasteiger partial charge on any atom is 0.234 e. The van der Waals surface area contributed by atoms with Crippen molar-refractivity contribution >= 4 is 40.2 Å². The molecule has 3 rings (SSSR count). The summed E-state index contributed by atoms with van der Waals surface area (Å²) >= 11 is 10.6. The first-order valence-electron chi connectivity index (χ1n) is 9.33. The summed E-state index contributed by atoms with van der Waals surface area (Å²) < 4.78 is 2.44. The van der Waals surface area contributed by atoms with E-state index in [1.54, 1.807) is 0 Å². The normalized spacial score (nSPS) is 25.5. The molecule has 0 unspecified atom stereocenters. The highest BCUT2D eigenvalue weighted by Crippen LogP contribution is 2.34. The molecule has 0 N–H and O–H groups in total. The number of thioether (sulfide) groups is 2. The van der Waals surface area contributed by atoms with Gasteiger partial charge in [-0.2, -0.15) is 0 Å². The summed E-state index contributed by atoms with van der Waals surface area (Å²) in [5.41, 5.74) is 2.58. The van der Waals surface area contributed by atoms with Gasteiger partial charge in [0.1, 0.15) is 6.54 Å². The number of hydrogen-bond donors (Lipinski definition) is 0. The number of nitrogens with zero attached hydrogens (tertiary/aromatic N) is 2. The van der Waals surface area contributed by atoms with Crippen LogP contribution in [-0.2, 0) is 0 Å². The van der Waals surface area contributed by atoms with Crippen LogP contribution in [0, 0.1) is 0 Å². The summed E-state index contributed by atoms with van der Waals surface area (Å²) in [4.78, 5) is 2.44. The minimum absolute atomic E-state index is 0.969. The van der Waals surface area contributed by atoms with E-state index in [2.05, 4.69) is 47.6 Å². The molecular formula is C20H28ClN2S2+. The van der Waals surface area contributed by atoms with Crippen molar-refractivity contribution in [3.05, 3.63) is 45.5 Å². The molecule has 25 heavy (non-hydrogen) atoms. The smallest absolute Gasteiger partial charge is 0.234 e. The molecule has 2 nitrogen and oxygen atoms in total. The highest BCUT2D eigenvalue weighted by molar-refractivity contribution is 8.14. The molecule has 0 aromatic carbocycles. The van der Waals surface area contributed by atoms with Gasteiger partial charge in [0.2, 0.25) is 5.04 Å². The average molecular weight is 396 g/mol. The zero-order chi connectivity index (χ0) is 17.6. The minimum Gasteiger partial charge on any atom is -0.366 e. The van der Waals surface area contributed by atoms with Crippen molar-refractivity contribution in [2.24, 2.45) is 0 Å². The molecule has 0 atom stereocenters. The molecule has 0 bridgehead atoms. The molecule has 0 aromatic rings. The van der Waals surface area contributed by atoms with E-state index in [1.807, 2.05) is 23.5 Å². The van der Waals surface area contributed by atoms with Gasteiger partial charge in [-0.25, -0.2) is 4.58 Å². The number of halogens is 1. The first-order valence-corrected chi connectivity index (χ1v) is 11.7. The van der Waals surface area contributed by atoms with E-state index < -0.39 is 0 Å². The Balaban J connectivity index is 1.77. The van der Waals surface area contributed by atoms with E-state index in [9.17, 15) is 0 Å². The second-order valence-corrected chi connectivity index (χ2v) is 9.03. The SMILES string of the molecule is CCN1CCS/C1=C\C=C1/CCCC(/C=C/C2=[N+](CC)CCS2)=C1Cl. The molecule has 0 spiro atoms. The van der Waals surface area contributed by atoms with Gasteiger partial charge in [0.05, 0.1) is 10.8 Å². The summed E-state index contributed by atoms with van der Waals surface area (Å²) in [6.45, 7) is 8.95. The lowest BCUT2D eigenvalue weighted by molar-refractivity contribution is -0.513. The Morgan fingerprint density at radius 3 is 2.80 bits per heavy atom. The number of allylic oxidation sites excluding steroid dienone is 6. The zero-order valence-corrected chi connectivity index (χ0v) is 17.7. The van der Waals surface area contributed by atoms with Crippen LogP contribution in [0.5, 0.6) is 0 Å². The van der Waals surface area contributed by atoms with Crippen molar-refractivity contribution in [2.75, 3.05) is 37.7 Å². The molecule has 1 fully saturated rings. The van der Waals surface area contributed by atoms with E-state index >= 15 is 0 Å². The quantitative estimate of drug-likeness (QED) is 0.588. The van der Waals surface area contributed by atoms with E-state index in [0.29, 0.717) is 0 Å². The van der Waals surface area contributed by atoms with Crippen molar-refractivity contribution < 1.29 is 4.58 Å². The van der Waals surface area contributed by atoms with Crippen LogP contribution in [0.1, 0.15) is 33.1 Å². The van der Waals surface area contributed by atoms with Crippen LogP contribution >= 0.6 is 35.1 Å². The van der Waals surface area contributed by atoms with Crippen molar-refractivity contribution in [3.63, 3.8) is 0 Å². The lowest BCUT2D eigenvalue weighted by Crippen LogP contribution is -2.16. The predicted octanol–water partition coefficient (Wildman–Crippen LogP) is 5.23. The van der Waals surface area contributed by atoms with Crippen LogP contribution in [0.3, 0.4) is 0 Å². The lowest BCUT2D eigenvalue weighted by atomic mass is 9.94. The predicted molar refractivity (Wildman–Crippen MR) is 115 cm³/mol. The molecule has 3 aliphatic rings. The van der Waals surface area contributed by atoms with Crippen LogP contribution in [0.25, 0.3) is 0 Å². The van der Waals surface area contributed by atoms with Crippen molar-refractivity contribution in [1.82, 2.24) is 4.90 Å². The van der Waals surface area contributed by atoms with Gasteiger partial charge >= 0.3 is 0 Å². The fraction of sp³-hybridized carbons (Fsp3) is 0.550. The van der Waals surface area contributed by atoms with Crippen LogP contribution in [0.15, 0.2) is 45.5 Å². The molecular weight excluding hydrogens is 368 g/mol. The summed E-state index contributed by atoms with van der Waals surface area (Å²) in [6.07, 6.45) is 12.4. The molecule has 1 aliphatic carbocycles. The van der Waals surface area contributed by atoms with E-state index in [1.165, 1.54) is 39.1 Å². The zero-order valence-electron chi connectivity index (χ0n) is 15.3. The second-order valence-electron chi connectivity index (χ2n) is 6.42. The fourth-order valence-electron chi connectivity index (χ4n) is 3.41. The van der Waals surface area contributed by atoms with E-state index in [0.717, 1.165) is 44.1 Å². The summed E-state index contributed by atoms with van der Waals surface area (Å²) in [7, 11) is 0. The Kier molecular flexibility index (Phi) is 7.20. The first kappa shape index (κ1) is 19.2. The third-order valence-electron chi connectivity index (χ3n) is 4.92. The van der Waals surface area contributed by atoms with Gasteiger partial charge in [-0.1, -0.05) is 35.5 Å². The third kappa shape index (κ3) is 4.78. The molecule has 0 aromatic heterocycles. The van der Waals surface area contributed by atoms with Crippen LogP contribution in [0.4, 0.5) is 0 Å². The van der Waals surface area contributed by atoms with Gasteiger partial charge < -0.3 is 4.90 Å². The largest absolute Gasteiger partial charge is 0.366 e. The van der Waals surface area contributed by atoms with Crippen molar-refractivity contribution in [3.8, 4) is 0 Å². The molecule has 136 valence electrons. The van der Waals surface area contributed by atoms with Gasteiger partial charge in [0.15, 0.2) is 6.54 Å². The van der Waals surface area contributed by atoms with E-state index in [4.69, 9.17) is 11.6 Å². The number of hydrogen-bond acceptors (Lipinski definition) is 3. The third-order valence-corrected chi connectivity index (χ3v) is 7.56. The highest BCUT2D eigenvalue weighted by Gasteiger charge is 2.20. The first-order chi connectivity index (χ1) is 12.2. The van der Waals surface area contributed by atoms with E-state index in [-0.39, 0.29) is 0 Å². The molecule has 2 heterocycles. The Morgan fingerprint density at radius 2 is 2.00 bits per heavy atom. The molecule has 2 aliphatic heterocycles. The van der Waals surface area contributed by atoms with Crippen LogP contribution < -0.4 is 0 Å². The Labute approximate surface area is 165 Å². The summed E-state index contributed by atoms with van der Waals surface area (Å²) in [5.74, 6) is 2.40. The average Bonchev–Trinajstić information content (AvgIpc) is 3.28. The number of rotatable bonds is 5. The fourth-order valence-corrected chi connectivity index (χ4v) is 5.90. The van der Waals surface area contributed by atoms with Gasteiger partial charge in [-0.15, -0.1) is 11.8 Å². The molecule has 5 heteroatoms. The maximum absolute atomic E-state index is 6.74. The van der Waals surface area contributed by atoms with Gasteiger partial charge in [-0.3, -0.25) is 0 Å². The maximum atomic E-state index is 6.74. The molecule has 0 saturated carbocycles. The van der Waals surface area contributed by atoms with Crippen LogP contribution in [-0.4, -0.2) is 52.2 Å². The molecule has 0 amide bonds. The standard InChI is InChI=1S/C20H28ClN2S2/c1-3-22-12-14-24-18(22)10-8-16-6-5-7-17(20(16)21)9-11-19-23(4-2)13-15-25-19/h8-11H,3-7,12-15H2,1-2H3/q+1. The highest BCUT2D eigenvalue weighted by atomic mass is 35.5. The monoisotopic (exact) mass is 395 g/mol. The van der Waals surface area contributed by atoms with Gasteiger partial charge in [0, 0.05) is 30.0 Å². The Hall–Kier alpha value is -0.580. The Bertz CT molecular complexity index is 659. The summed E-state index contributed by atoms with van der Waals surface area (Å²) in [6, 6.07) is 0. The molecule has 0 radical (unpaired) electrons. The van der Waals surface area contributed by atoms with Crippen LogP contribution in [0.2, 0.25) is 0 Å². The summed E-state index contributed by atoms with van der Waals surface area (Å²) in [5, 5.41) is 3.74. The van der Waals surface area contributed by atoms with Crippen molar-refractivity contribution in [1.29, 1.82) is 0 Å². The van der Waals surface area contributed by atoms with Crippen molar-refractivity contribution in [2.45, 2.75) is 33.1 Å². The second kappa shape index (κ2) is 9.38. The molecule has 1 saturated heterocycles.